The summed E-state index contributed by atoms with van der Waals surface area (Å²) in [6.07, 6.45) is -4.58. The predicted octanol–water partition coefficient (Wildman–Crippen LogP) is 4.55. The Balaban J connectivity index is 1.54. The van der Waals surface area contributed by atoms with Crippen molar-refractivity contribution in [1.82, 2.24) is 4.98 Å². The highest BCUT2D eigenvalue weighted by Gasteiger charge is 2.34. The van der Waals surface area contributed by atoms with E-state index in [0.717, 1.165) is 23.5 Å². The number of nitrogens with zero attached hydrogens (tertiary/aromatic N) is 3. The van der Waals surface area contributed by atoms with Gasteiger partial charge in [0.25, 0.3) is 11.2 Å². The Morgan fingerprint density at radius 1 is 1.18 bits per heavy atom. The van der Waals surface area contributed by atoms with Gasteiger partial charge in [0.1, 0.15) is 16.6 Å². The van der Waals surface area contributed by atoms with Crippen LogP contribution in [0.1, 0.15) is 28.8 Å². The number of piperidine rings is 1. The van der Waals surface area contributed by atoms with Gasteiger partial charge in [-0.05, 0) is 30.3 Å². The minimum Gasteiger partial charge on any atom is -0.459 e. The van der Waals surface area contributed by atoms with Crippen LogP contribution in [0.4, 0.5) is 28.4 Å². The lowest BCUT2D eigenvalue weighted by molar-refractivity contribution is -0.383. The standard InChI is InChI=1S/C21H15F4N3O5S/c22-13-3-1-11(2-4-13)19(30)33-14-5-7-27(8-6-14)20-26-18(29)15-9-12(21(23,24)25)10-16(28(31)32)17(15)34-20/h1-4,9-10,14H,5-8H2. The maximum Gasteiger partial charge on any atom is 0.416 e. The van der Waals surface area contributed by atoms with Crippen molar-refractivity contribution in [2.75, 3.05) is 18.0 Å². The Hall–Kier alpha value is -3.61. The molecular weight excluding hydrogens is 482 g/mol. The van der Waals surface area contributed by atoms with Gasteiger partial charge in [0, 0.05) is 32.0 Å². The normalized spacial score (nSPS) is 14.9. The van der Waals surface area contributed by atoms with Crippen molar-refractivity contribution in [2.45, 2.75) is 25.1 Å². The SMILES string of the molecule is O=C(OC1CCN(c2nc(=O)c3cc(C(F)(F)F)cc([N+](=O)[O-])c3s2)CC1)c1ccc(F)cc1. The van der Waals surface area contributed by atoms with Crippen LogP contribution in [-0.4, -0.2) is 35.1 Å². The molecule has 0 aliphatic carbocycles. The first-order chi connectivity index (χ1) is 16.0. The van der Waals surface area contributed by atoms with Crippen molar-refractivity contribution in [3.05, 3.63) is 73.8 Å². The molecule has 178 valence electrons. The molecule has 1 fully saturated rings. The number of hydrogen-bond donors (Lipinski definition) is 0. The molecule has 0 saturated carbocycles. The molecule has 0 unspecified atom stereocenters. The van der Waals surface area contributed by atoms with Crippen molar-refractivity contribution in [2.24, 2.45) is 0 Å². The van der Waals surface area contributed by atoms with Crippen LogP contribution in [0.5, 0.6) is 0 Å². The Kier molecular flexibility index (Phi) is 6.21. The average Bonchev–Trinajstić information content (AvgIpc) is 2.78. The number of aromatic nitrogens is 1. The lowest BCUT2D eigenvalue weighted by Crippen LogP contribution is -2.38. The summed E-state index contributed by atoms with van der Waals surface area (Å²) in [7, 11) is 0. The van der Waals surface area contributed by atoms with E-state index in [1.165, 1.54) is 12.1 Å². The van der Waals surface area contributed by atoms with E-state index in [1.807, 2.05) is 0 Å². The van der Waals surface area contributed by atoms with E-state index < -0.39 is 51.2 Å². The predicted molar refractivity (Wildman–Crippen MR) is 115 cm³/mol. The van der Waals surface area contributed by atoms with Crippen molar-refractivity contribution in [3.8, 4) is 0 Å². The Morgan fingerprint density at radius 3 is 2.41 bits per heavy atom. The van der Waals surface area contributed by atoms with Crippen LogP contribution >= 0.6 is 11.3 Å². The monoisotopic (exact) mass is 497 g/mol. The molecule has 4 rings (SSSR count). The van der Waals surface area contributed by atoms with Gasteiger partial charge >= 0.3 is 12.1 Å². The first-order valence-corrected chi connectivity index (χ1v) is 10.8. The molecule has 0 bridgehead atoms. The number of esters is 1. The summed E-state index contributed by atoms with van der Waals surface area (Å²) in [5, 5.41) is 11.1. The third kappa shape index (κ3) is 4.83. The zero-order chi connectivity index (χ0) is 24.6. The van der Waals surface area contributed by atoms with Gasteiger partial charge in [-0.3, -0.25) is 14.9 Å². The van der Waals surface area contributed by atoms with E-state index in [9.17, 15) is 37.3 Å². The largest absolute Gasteiger partial charge is 0.459 e. The fraction of sp³-hybridized carbons (Fsp3) is 0.286. The van der Waals surface area contributed by atoms with Crippen molar-refractivity contribution < 1.29 is 32.0 Å². The number of nitro benzene ring substituents is 1. The number of ether oxygens (including phenoxy) is 1. The molecular formula is C21H15F4N3O5S. The molecule has 1 saturated heterocycles. The lowest BCUT2D eigenvalue weighted by atomic mass is 10.1. The van der Waals surface area contributed by atoms with Gasteiger partial charge in [0.15, 0.2) is 5.13 Å². The quantitative estimate of drug-likeness (QED) is 0.226. The van der Waals surface area contributed by atoms with E-state index in [1.54, 1.807) is 4.90 Å². The molecule has 34 heavy (non-hydrogen) atoms. The van der Waals surface area contributed by atoms with E-state index in [-0.39, 0.29) is 15.4 Å². The van der Waals surface area contributed by atoms with Crippen LogP contribution in [0.15, 0.2) is 41.2 Å². The first kappa shape index (κ1) is 23.5. The molecule has 1 aliphatic rings. The molecule has 1 aromatic heterocycles. The van der Waals surface area contributed by atoms with Crippen LogP contribution in [0.25, 0.3) is 10.1 Å². The summed E-state index contributed by atoms with van der Waals surface area (Å²) in [4.78, 5) is 40.6. The van der Waals surface area contributed by atoms with E-state index >= 15 is 0 Å². The smallest absolute Gasteiger partial charge is 0.416 e. The molecule has 0 spiro atoms. The topological polar surface area (TPSA) is 103 Å². The van der Waals surface area contributed by atoms with E-state index in [4.69, 9.17) is 4.74 Å². The molecule has 0 atom stereocenters. The van der Waals surface area contributed by atoms with Crippen molar-refractivity contribution >= 4 is 38.2 Å². The van der Waals surface area contributed by atoms with E-state index in [0.29, 0.717) is 38.1 Å². The highest BCUT2D eigenvalue weighted by molar-refractivity contribution is 7.22. The number of nitro groups is 1. The number of hydrogen-bond acceptors (Lipinski definition) is 8. The van der Waals surface area contributed by atoms with Crippen LogP contribution in [0.3, 0.4) is 0 Å². The fourth-order valence-corrected chi connectivity index (χ4v) is 4.66. The second-order valence-corrected chi connectivity index (χ2v) is 8.50. The Labute approximate surface area is 192 Å². The number of benzene rings is 2. The molecule has 2 aromatic carbocycles. The molecule has 0 amide bonds. The maximum absolute atomic E-state index is 13.1. The van der Waals surface area contributed by atoms with Gasteiger partial charge in [-0.25, -0.2) is 9.18 Å². The second kappa shape index (κ2) is 8.97. The van der Waals surface area contributed by atoms with Gasteiger partial charge in [-0.1, -0.05) is 11.3 Å². The molecule has 2 heterocycles. The van der Waals surface area contributed by atoms with E-state index in [2.05, 4.69) is 4.98 Å². The fourth-order valence-electron chi connectivity index (χ4n) is 3.55. The summed E-state index contributed by atoms with van der Waals surface area (Å²) in [5.74, 6) is -1.09. The zero-order valence-corrected chi connectivity index (χ0v) is 18.0. The second-order valence-electron chi connectivity index (χ2n) is 7.53. The Morgan fingerprint density at radius 2 is 1.82 bits per heavy atom. The first-order valence-electron chi connectivity index (χ1n) is 9.95. The van der Waals surface area contributed by atoms with Crippen LogP contribution in [0, 0.1) is 15.9 Å². The third-order valence-corrected chi connectivity index (χ3v) is 6.45. The molecule has 3 aromatic rings. The minimum absolute atomic E-state index is 0.128. The molecule has 13 heteroatoms. The number of anilines is 1. The molecule has 0 N–H and O–H groups in total. The Bertz CT molecular complexity index is 1320. The number of rotatable bonds is 4. The van der Waals surface area contributed by atoms with Gasteiger partial charge in [0.2, 0.25) is 0 Å². The highest BCUT2D eigenvalue weighted by Crippen LogP contribution is 2.38. The summed E-state index contributed by atoms with van der Waals surface area (Å²) in [5.41, 5.74) is -2.92. The van der Waals surface area contributed by atoms with Gasteiger partial charge in [-0.15, -0.1) is 0 Å². The third-order valence-electron chi connectivity index (χ3n) is 5.28. The van der Waals surface area contributed by atoms with Crippen LogP contribution < -0.4 is 10.5 Å². The van der Waals surface area contributed by atoms with Crippen LogP contribution in [-0.2, 0) is 10.9 Å². The van der Waals surface area contributed by atoms with Gasteiger partial charge in [-0.2, -0.15) is 18.2 Å². The minimum atomic E-state index is -4.86. The number of fused-ring (bicyclic) bond motifs is 1. The maximum atomic E-state index is 13.1. The zero-order valence-electron chi connectivity index (χ0n) is 17.2. The lowest BCUT2D eigenvalue weighted by Gasteiger charge is -2.31. The average molecular weight is 497 g/mol. The summed E-state index contributed by atoms with van der Waals surface area (Å²) < 4.78 is 57.6. The van der Waals surface area contributed by atoms with Gasteiger partial charge < -0.3 is 9.64 Å². The molecule has 1 aliphatic heterocycles. The van der Waals surface area contributed by atoms with Crippen molar-refractivity contribution in [3.63, 3.8) is 0 Å². The number of alkyl halides is 3. The highest BCUT2D eigenvalue weighted by atomic mass is 32.1. The number of carbonyl (C=O) groups excluding carboxylic acids is 1. The van der Waals surface area contributed by atoms with Gasteiger partial charge in [0.05, 0.1) is 21.4 Å². The summed E-state index contributed by atoms with van der Waals surface area (Å²) in [6.45, 7) is 0.592. The molecule has 0 radical (unpaired) electrons. The summed E-state index contributed by atoms with van der Waals surface area (Å²) >= 11 is 0.758. The number of halogens is 4. The number of non-ortho nitro benzene ring substituents is 1. The van der Waals surface area contributed by atoms with Crippen molar-refractivity contribution in [1.29, 1.82) is 0 Å². The summed E-state index contributed by atoms with van der Waals surface area (Å²) in [6, 6.07) is 5.87. The number of carbonyl (C=O) groups is 1. The molecule has 8 nitrogen and oxygen atoms in total. The van der Waals surface area contributed by atoms with Crippen LogP contribution in [0.2, 0.25) is 0 Å².